The van der Waals surface area contributed by atoms with Crippen LogP contribution in [0.3, 0.4) is 0 Å². The lowest BCUT2D eigenvalue weighted by Crippen LogP contribution is -2.36. The molecule has 0 aliphatic carbocycles. The van der Waals surface area contributed by atoms with E-state index in [-0.39, 0.29) is 6.04 Å². The first-order valence-electron chi connectivity index (χ1n) is 8.14. The number of rotatable bonds is 5. The van der Waals surface area contributed by atoms with Crippen molar-refractivity contribution in [1.82, 2.24) is 16.2 Å². The molecule has 126 valence electrons. The van der Waals surface area contributed by atoms with E-state index in [1.165, 1.54) is 5.56 Å². The topological polar surface area (TPSA) is 74.1 Å². The molecule has 1 atom stereocenters. The Morgan fingerprint density at radius 3 is 2.38 bits per heavy atom. The molecule has 0 bridgehead atoms. The summed E-state index contributed by atoms with van der Waals surface area (Å²) >= 11 is 5.42. The Labute approximate surface area is 148 Å². The zero-order chi connectivity index (χ0) is 16.8. The van der Waals surface area contributed by atoms with Crippen LogP contribution in [0.1, 0.15) is 23.1 Å². The summed E-state index contributed by atoms with van der Waals surface area (Å²) in [4.78, 5) is 0. The van der Waals surface area contributed by atoms with Crippen molar-refractivity contribution in [2.45, 2.75) is 12.0 Å². The molecule has 3 rings (SSSR count). The number of anilines is 1. The van der Waals surface area contributed by atoms with Crippen LogP contribution in [0.4, 0.5) is 5.69 Å². The van der Waals surface area contributed by atoms with E-state index in [1.54, 1.807) is 0 Å². The highest BCUT2D eigenvalue weighted by molar-refractivity contribution is 7.80. The summed E-state index contributed by atoms with van der Waals surface area (Å²) in [5.74, 6) is 0.517. The molecule has 2 aromatic carbocycles. The number of hydrazine groups is 1. The van der Waals surface area contributed by atoms with Gasteiger partial charge in [0.1, 0.15) is 0 Å². The maximum atomic E-state index is 5.87. The number of hydrogen-bond acceptors (Lipinski definition) is 4. The molecule has 1 fully saturated rings. The largest absolute Gasteiger partial charge is 0.354 e. The minimum atomic E-state index is 0.00103. The Hall–Kier alpha value is -1.99. The van der Waals surface area contributed by atoms with Crippen molar-refractivity contribution in [2.24, 2.45) is 5.73 Å². The van der Waals surface area contributed by atoms with E-state index in [9.17, 15) is 0 Å². The minimum Gasteiger partial charge on any atom is -0.354 e. The maximum absolute atomic E-state index is 5.87. The molecule has 0 amide bonds. The van der Waals surface area contributed by atoms with Gasteiger partial charge in [-0.3, -0.25) is 10.9 Å². The molecule has 6 N–H and O–H groups in total. The molecule has 1 saturated heterocycles. The van der Waals surface area contributed by atoms with Crippen LogP contribution in [-0.2, 0) is 0 Å². The van der Waals surface area contributed by atoms with Gasteiger partial charge < -0.3 is 16.4 Å². The Morgan fingerprint density at radius 1 is 1.08 bits per heavy atom. The SMILES string of the molecule is NCC(NC(=S)Nc1ccc(C2CNNC2)cc1)c1ccccc1. The van der Waals surface area contributed by atoms with Crippen LogP contribution in [0.2, 0.25) is 0 Å². The molecule has 0 saturated carbocycles. The van der Waals surface area contributed by atoms with Crippen molar-refractivity contribution in [3.63, 3.8) is 0 Å². The highest BCUT2D eigenvalue weighted by atomic mass is 32.1. The molecule has 1 aliphatic rings. The van der Waals surface area contributed by atoms with Gasteiger partial charge in [0.05, 0.1) is 6.04 Å². The van der Waals surface area contributed by atoms with Crippen molar-refractivity contribution in [3.8, 4) is 0 Å². The second-order valence-corrected chi connectivity index (χ2v) is 6.29. The van der Waals surface area contributed by atoms with Gasteiger partial charge in [0.2, 0.25) is 0 Å². The second-order valence-electron chi connectivity index (χ2n) is 5.88. The van der Waals surface area contributed by atoms with E-state index in [4.69, 9.17) is 18.0 Å². The van der Waals surface area contributed by atoms with Crippen molar-refractivity contribution in [1.29, 1.82) is 0 Å². The van der Waals surface area contributed by atoms with Gasteiger partial charge in [-0.1, -0.05) is 42.5 Å². The molecular formula is C18H23N5S. The molecule has 1 aliphatic heterocycles. The van der Waals surface area contributed by atoms with E-state index in [0.29, 0.717) is 17.6 Å². The van der Waals surface area contributed by atoms with Crippen molar-refractivity contribution in [3.05, 3.63) is 65.7 Å². The van der Waals surface area contributed by atoms with Gasteiger partial charge in [0.15, 0.2) is 5.11 Å². The third kappa shape index (κ3) is 4.30. The number of nitrogens with one attached hydrogen (secondary N) is 4. The zero-order valence-corrected chi connectivity index (χ0v) is 14.3. The molecule has 5 nitrogen and oxygen atoms in total. The Bertz CT molecular complexity index is 653. The molecule has 6 heteroatoms. The lowest BCUT2D eigenvalue weighted by Gasteiger charge is -2.20. The van der Waals surface area contributed by atoms with Crippen LogP contribution in [0, 0.1) is 0 Å². The molecule has 0 spiro atoms. The van der Waals surface area contributed by atoms with Gasteiger partial charge in [-0.2, -0.15) is 0 Å². The summed E-state index contributed by atoms with van der Waals surface area (Å²) in [5.41, 5.74) is 15.6. The number of thiocarbonyl (C=S) groups is 1. The van der Waals surface area contributed by atoms with Crippen LogP contribution in [-0.4, -0.2) is 24.7 Å². The first kappa shape index (κ1) is 16.9. The zero-order valence-electron chi connectivity index (χ0n) is 13.5. The average Bonchev–Trinajstić information content (AvgIpc) is 3.16. The van der Waals surface area contributed by atoms with Gasteiger partial charge in [0.25, 0.3) is 0 Å². The summed E-state index contributed by atoms with van der Waals surface area (Å²) in [7, 11) is 0. The molecule has 24 heavy (non-hydrogen) atoms. The van der Waals surface area contributed by atoms with E-state index in [0.717, 1.165) is 24.3 Å². The van der Waals surface area contributed by atoms with E-state index in [1.807, 2.05) is 30.3 Å². The van der Waals surface area contributed by atoms with E-state index in [2.05, 4.69) is 45.8 Å². The Balaban J connectivity index is 1.58. The molecule has 1 unspecified atom stereocenters. The summed E-state index contributed by atoms with van der Waals surface area (Å²) in [6.45, 7) is 2.40. The minimum absolute atomic E-state index is 0.00103. The fourth-order valence-electron chi connectivity index (χ4n) is 2.83. The summed E-state index contributed by atoms with van der Waals surface area (Å²) in [6.07, 6.45) is 0. The molecular weight excluding hydrogens is 318 g/mol. The normalized spacial score (nSPS) is 15.9. The maximum Gasteiger partial charge on any atom is 0.171 e. The molecule has 0 radical (unpaired) electrons. The second kappa shape index (κ2) is 8.21. The lowest BCUT2D eigenvalue weighted by molar-refractivity contribution is 0.662. The summed E-state index contributed by atoms with van der Waals surface area (Å²) in [6, 6.07) is 18.5. The average molecular weight is 341 g/mol. The first-order valence-corrected chi connectivity index (χ1v) is 8.55. The Morgan fingerprint density at radius 2 is 1.75 bits per heavy atom. The monoisotopic (exact) mass is 341 g/mol. The number of hydrogen-bond donors (Lipinski definition) is 5. The molecule has 1 heterocycles. The van der Waals surface area contributed by atoms with Gasteiger partial charge >= 0.3 is 0 Å². The van der Waals surface area contributed by atoms with Crippen molar-refractivity contribution < 1.29 is 0 Å². The van der Waals surface area contributed by atoms with Crippen LogP contribution in [0.25, 0.3) is 0 Å². The molecule has 2 aromatic rings. The van der Waals surface area contributed by atoms with Gasteiger partial charge in [-0.25, -0.2) is 0 Å². The van der Waals surface area contributed by atoms with Gasteiger partial charge in [-0.05, 0) is 35.5 Å². The predicted molar refractivity (Wildman–Crippen MR) is 103 cm³/mol. The van der Waals surface area contributed by atoms with Crippen LogP contribution in [0.15, 0.2) is 54.6 Å². The quantitative estimate of drug-likeness (QED) is 0.535. The van der Waals surface area contributed by atoms with E-state index >= 15 is 0 Å². The van der Waals surface area contributed by atoms with Crippen molar-refractivity contribution >= 4 is 23.0 Å². The number of nitrogens with two attached hydrogens (primary N) is 1. The highest BCUT2D eigenvalue weighted by Gasteiger charge is 2.16. The first-order chi connectivity index (χ1) is 11.8. The highest BCUT2D eigenvalue weighted by Crippen LogP contribution is 2.19. The third-order valence-corrected chi connectivity index (χ3v) is 4.42. The fourth-order valence-corrected chi connectivity index (χ4v) is 3.09. The summed E-state index contributed by atoms with van der Waals surface area (Å²) in [5, 5.41) is 7.08. The van der Waals surface area contributed by atoms with Crippen LogP contribution in [0.5, 0.6) is 0 Å². The third-order valence-electron chi connectivity index (χ3n) is 4.20. The van der Waals surface area contributed by atoms with Crippen LogP contribution < -0.4 is 27.2 Å². The van der Waals surface area contributed by atoms with Gasteiger partial charge in [0, 0.05) is 31.2 Å². The standard InChI is InChI=1S/C18H23N5S/c19-10-17(14-4-2-1-3-5-14)23-18(24)22-16-8-6-13(7-9-16)15-11-20-21-12-15/h1-9,15,17,20-21H,10-12,19H2,(H2,22,23,24). The molecule has 0 aromatic heterocycles. The van der Waals surface area contributed by atoms with Gasteiger partial charge in [-0.15, -0.1) is 0 Å². The number of benzene rings is 2. The smallest absolute Gasteiger partial charge is 0.171 e. The summed E-state index contributed by atoms with van der Waals surface area (Å²) < 4.78 is 0. The van der Waals surface area contributed by atoms with Crippen molar-refractivity contribution in [2.75, 3.05) is 25.0 Å². The van der Waals surface area contributed by atoms with E-state index < -0.39 is 0 Å². The lowest BCUT2D eigenvalue weighted by atomic mass is 10.0. The fraction of sp³-hybridized carbons (Fsp3) is 0.278. The predicted octanol–water partition coefficient (Wildman–Crippen LogP) is 1.86. The van der Waals surface area contributed by atoms with Crippen LogP contribution >= 0.6 is 12.2 Å². The Kier molecular flexibility index (Phi) is 5.77.